The Morgan fingerprint density at radius 3 is 2.85 bits per heavy atom. The zero-order valence-corrected chi connectivity index (χ0v) is 21.7. The summed E-state index contributed by atoms with van der Waals surface area (Å²) in [7, 11) is 0. The van der Waals surface area contributed by atoms with Gasteiger partial charge in [-0.1, -0.05) is 30.7 Å². The van der Waals surface area contributed by atoms with Crippen molar-refractivity contribution in [2.45, 2.75) is 76.8 Å². The first-order chi connectivity index (χ1) is 16.5. The van der Waals surface area contributed by atoms with Crippen molar-refractivity contribution in [3.63, 3.8) is 0 Å². The van der Waals surface area contributed by atoms with E-state index < -0.39 is 0 Å². The smallest absolute Gasteiger partial charge is 0.244 e. The fraction of sp³-hybridized carbons (Fsp3) is 0.556. The maximum absolute atomic E-state index is 12.4. The van der Waals surface area contributed by atoms with E-state index in [1.165, 1.54) is 55.8 Å². The lowest BCUT2D eigenvalue weighted by molar-refractivity contribution is -0.117. The topological polar surface area (TPSA) is 71.2 Å². The van der Waals surface area contributed by atoms with Crippen LogP contribution in [0.1, 0.15) is 68.0 Å². The second kappa shape index (κ2) is 12.2. The molecule has 1 atom stereocenters. The van der Waals surface area contributed by atoms with Crippen LogP contribution >= 0.6 is 22.9 Å². The number of nitrogens with zero attached hydrogens (tertiary/aromatic N) is 2. The molecule has 1 saturated carbocycles. The number of amides is 1. The number of nitrogens with two attached hydrogens (primary N) is 1. The molecule has 2 aliphatic carbocycles. The van der Waals surface area contributed by atoms with Gasteiger partial charge in [-0.2, -0.15) is 0 Å². The number of halogens is 1. The van der Waals surface area contributed by atoms with Gasteiger partial charge in [0, 0.05) is 28.1 Å². The molecular formula is C27H37ClN4OS. The van der Waals surface area contributed by atoms with Gasteiger partial charge in [-0.15, -0.1) is 11.3 Å². The van der Waals surface area contributed by atoms with Crippen LogP contribution in [0.2, 0.25) is 5.02 Å². The van der Waals surface area contributed by atoms with Gasteiger partial charge in [0.2, 0.25) is 5.91 Å². The molecule has 1 aromatic carbocycles. The number of rotatable bonds is 9. The number of anilines is 1. The zero-order chi connectivity index (χ0) is 23.9. The van der Waals surface area contributed by atoms with E-state index in [-0.39, 0.29) is 11.9 Å². The molecule has 0 bridgehead atoms. The van der Waals surface area contributed by atoms with Gasteiger partial charge in [0.15, 0.2) is 5.13 Å². The largest absolute Gasteiger partial charge is 0.375 e. The predicted octanol–water partition coefficient (Wildman–Crippen LogP) is 5.73. The monoisotopic (exact) mass is 500 g/mol. The lowest BCUT2D eigenvalue weighted by Gasteiger charge is -2.36. The van der Waals surface area contributed by atoms with Crippen molar-refractivity contribution in [3.05, 3.63) is 51.5 Å². The molecule has 0 saturated heterocycles. The van der Waals surface area contributed by atoms with E-state index in [1.807, 2.05) is 30.3 Å². The van der Waals surface area contributed by atoms with Gasteiger partial charge in [-0.25, -0.2) is 4.98 Å². The molecular weight excluding hydrogens is 464 g/mol. The van der Waals surface area contributed by atoms with Crippen LogP contribution in [0, 0.1) is 5.92 Å². The number of fused-ring (bicyclic) bond motifs is 1. The number of aromatic nitrogens is 1. The number of hydrogen-bond acceptors (Lipinski definition) is 5. The molecule has 1 unspecified atom stereocenters. The second-order valence-electron chi connectivity index (χ2n) is 9.76. The summed E-state index contributed by atoms with van der Waals surface area (Å²) in [4.78, 5) is 21.0. The Bertz CT molecular complexity index is 983. The maximum atomic E-state index is 12.4. The first-order valence-electron chi connectivity index (χ1n) is 12.7. The molecule has 2 aliphatic rings. The van der Waals surface area contributed by atoms with E-state index >= 15 is 0 Å². The summed E-state index contributed by atoms with van der Waals surface area (Å²) in [6, 6.07) is 8.44. The molecule has 1 fully saturated rings. The fourth-order valence-corrected chi connectivity index (χ4v) is 6.58. The summed E-state index contributed by atoms with van der Waals surface area (Å²) in [6.07, 6.45) is 13.8. The lowest BCUT2D eigenvalue weighted by atomic mass is 9.83. The van der Waals surface area contributed by atoms with Gasteiger partial charge >= 0.3 is 0 Å². The Hall–Kier alpha value is -1.89. The highest BCUT2D eigenvalue weighted by atomic mass is 35.5. The van der Waals surface area contributed by atoms with Crippen molar-refractivity contribution in [1.29, 1.82) is 0 Å². The Morgan fingerprint density at radius 2 is 2.09 bits per heavy atom. The van der Waals surface area contributed by atoms with E-state index in [0.29, 0.717) is 11.1 Å². The third-order valence-electron chi connectivity index (χ3n) is 7.25. The van der Waals surface area contributed by atoms with Crippen LogP contribution in [-0.2, 0) is 17.6 Å². The predicted molar refractivity (Wildman–Crippen MR) is 143 cm³/mol. The summed E-state index contributed by atoms with van der Waals surface area (Å²) in [5, 5.41) is 4.59. The van der Waals surface area contributed by atoms with E-state index in [0.717, 1.165) is 42.3 Å². The molecule has 184 valence electrons. The van der Waals surface area contributed by atoms with E-state index in [9.17, 15) is 4.79 Å². The van der Waals surface area contributed by atoms with Crippen molar-refractivity contribution >= 4 is 40.1 Å². The number of nitrogens with one attached hydrogen (secondary N) is 1. The minimum absolute atomic E-state index is 0.0158. The van der Waals surface area contributed by atoms with Gasteiger partial charge in [-0.3, -0.25) is 4.79 Å². The zero-order valence-electron chi connectivity index (χ0n) is 20.1. The summed E-state index contributed by atoms with van der Waals surface area (Å²) >= 11 is 7.69. The molecule has 3 N–H and O–H groups in total. The highest BCUT2D eigenvalue weighted by molar-refractivity contribution is 7.15. The van der Waals surface area contributed by atoms with E-state index in [4.69, 9.17) is 17.3 Å². The number of carbonyl (C=O) groups excluding carboxylic acids is 1. The molecule has 7 heteroatoms. The van der Waals surface area contributed by atoms with Gasteiger partial charge in [0.05, 0.1) is 5.69 Å². The SMILES string of the molecule is CCCN(CCC1CCC(NC(=O)/C=C/c2cccc(Cl)c2)CC1)C1CCc2nc(N)sc2C1. The number of nitrogen functional groups attached to an aromatic ring is 1. The fourth-order valence-electron chi connectivity index (χ4n) is 5.43. The quantitative estimate of drug-likeness (QED) is 0.431. The van der Waals surface area contributed by atoms with Gasteiger partial charge < -0.3 is 16.0 Å². The molecule has 0 radical (unpaired) electrons. The van der Waals surface area contributed by atoms with Crippen molar-refractivity contribution in [3.8, 4) is 0 Å². The van der Waals surface area contributed by atoms with E-state index in [2.05, 4.69) is 22.1 Å². The summed E-state index contributed by atoms with van der Waals surface area (Å²) in [5.41, 5.74) is 8.12. The molecule has 4 rings (SSSR count). The summed E-state index contributed by atoms with van der Waals surface area (Å²) in [5.74, 6) is 0.741. The number of hydrogen-bond donors (Lipinski definition) is 2. The lowest BCUT2D eigenvalue weighted by Crippen LogP contribution is -2.41. The molecule has 1 amide bonds. The van der Waals surface area contributed by atoms with Crippen LogP contribution in [0.3, 0.4) is 0 Å². The Kier molecular flexibility index (Phi) is 9.04. The number of thiazole rings is 1. The highest BCUT2D eigenvalue weighted by Gasteiger charge is 2.28. The van der Waals surface area contributed by atoms with Gasteiger partial charge in [0.25, 0.3) is 0 Å². The molecule has 1 aromatic heterocycles. The standard InChI is InChI=1S/C27H37ClN4OS/c1-2-15-32(23-11-12-24-25(18-23)34-27(29)31-24)16-14-19-6-9-22(10-7-19)30-26(33)13-8-20-4-3-5-21(28)17-20/h3-5,8,13,17,19,22-23H,2,6-7,9-12,14-16,18H2,1H3,(H2,29,31)(H,30,33)/b13-8+. The Balaban J connectivity index is 1.20. The van der Waals surface area contributed by atoms with Crippen LogP contribution in [-0.4, -0.2) is 41.0 Å². The van der Waals surface area contributed by atoms with E-state index in [1.54, 1.807) is 17.4 Å². The van der Waals surface area contributed by atoms with Crippen molar-refractivity contribution in [2.75, 3.05) is 18.8 Å². The van der Waals surface area contributed by atoms with Crippen LogP contribution in [0.5, 0.6) is 0 Å². The third-order valence-corrected chi connectivity index (χ3v) is 8.44. The van der Waals surface area contributed by atoms with Crippen LogP contribution in [0.15, 0.2) is 30.3 Å². The molecule has 5 nitrogen and oxygen atoms in total. The summed E-state index contributed by atoms with van der Waals surface area (Å²) < 4.78 is 0. The number of benzene rings is 1. The van der Waals surface area contributed by atoms with Gasteiger partial charge in [-0.05, 0) is 101 Å². The average molecular weight is 501 g/mol. The Morgan fingerprint density at radius 1 is 1.26 bits per heavy atom. The van der Waals surface area contributed by atoms with Crippen molar-refractivity contribution in [1.82, 2.24) is 15.2 Å². The molecule has 0 aliphatic heterocycles. The number of carbonyl (C=O) groups is 1. The maximum Gasteiger partial charge on any atom is 0.244 e. The Labute approximate surface area is 212 Å². The molecule has 2 aromatic rings. The first kappa shape index (κ1) is 25.2. The highest BCUT2D eigenvalue weighted by Crippen LogP contribution is 2.32. The normalized spacial score (nSPS) is 22.7. The van der Waals surface area contributed by atoms with Crippen molar-refractivity contribution in [2.24, 2.45) is 5.92 Å². The van der Waals surface area contributed by atoms with Crippen LogP contribution < -0.4 is 11.1 Å². The molecule has 34 heavy (non-hydrogen) atoms. The molecule has 1 heterocycles. The van der Waals surface area contributed by atoms with Crippen LogP contribution in [0.25, 0.3) is 6.08 Å². The third kappa shape index (κ3) is 7.06. The average Bonchev–Trinajstić information content (AvgIpc) is 3.20. The minimum Gasteiger partial charge on any atom is -0.375 e. The van der Waals surface area contributed by atoms with Crippen LogP contribution in [0.4, 0.5) is 5.13 Å². The van der Waals surface area contributed by atoms with Crippen molar-refractivity contribution < 1.29 is 4.79 Å². The number of aryl methyl sites for hydroxylation is 1. The summed E-state index contributed by atoms with van der Waals surface area (Å²) in [6.45, 7) is 4.62. The second-order valence-corrected chi connectivity index (χ2v) is 11.3. The van der Waals surface area contributed by atoms with Gasteiger partial charge in [0.1, 0.15) is 0 Å². The first-order valence-corrected chi connectivity index (χ1v) is 13.9. The minimum atomic E-state index is -0.0158. The molecule has 0 spiro atoms.